The van der Waals surface area contributed by atoms with Gasteiger partial charge in [-0.25, -0.2) is 9.79 Å². The van der Waals surface area contributed by atoms with Crippen LogP contribution in [0.2, 0.25) is 0 Å². The molecular weight excluding hydrogens is 278 g/mol. The number of carbonyl (C=O) groups excluding carboxylic acids is 1. The van der Waals surface area contributed by atoms with Gasteiger partial charge in [0, 0.05) is 0 Å². The van der Waals surface area contributed by atoms with E-state index in [9.17, 15) is 9.59 Å². The molecule has 11 heteroatoms. The van der Waals surface area contributed by atoms with Crippen molar-refractivity contribution < 1.29 is 39.9 Å². The van der Waals surface area contributed by atoms with Gasteiger partial charge < -0.3 is 41.7 Å². The van der Waals surface area contributed by atoms with Crippen LogP contribution in [0.15, 0.2) is 16.5 Å². The second kappa shape index (κ2) is 7.81. The molecule has 1 heterocycles. The summed E-state index contributed by atoms with van der Waals surface area (Å²) in [4.78, 5) is 23.4. The number of esters is 1. The first kappa shape index (κ1) is 17.5. The second-order valence-corrected chi connectivity index (χ2v) is 3.44. The number of ether oxygens (including phenoxy) is 1. The maximum Gasteiger partial charge on any atom is 0.377 e. The first-order valence-electron chi connectivity index (χ1n) is 5.09. The van der Waals surface area contributed by atoms with Crippen molar-refractivity contribution in [3.05, 3.63) is 11.5 Å². The molecule has 0 radical (unpaired) electrons. The fourth-order valence-corrected chi connectivity index (χ4v) is 0.982. The molecular formula is C9H15N3O8. The Labute approximate surface area is 112 Å². The Hall–Kier alpha value is -2.53. The number of aliphatic hydroxyl groups is 4. The summed E-state index contributed by atoms with van der Waals surface area (Å²) in [5.74, 6) is -4.02. The number of rotatable bonds is 4. The summed E-state index contributed by atoms with van der Waals surface area (Å²) in [6.45, 7) is -1.03. The highest BCUT2D eigenvalue weighted by atomic mass is 16.6. The molecule has 1 rings (SSSR count). The molecule has 11 nitrogen and oxygen atoms in total. The summed E-state index contributed by atoms with van der Waals surface area (Å²) < 4.78 is 4.32. The quantitative estimate of drug-likeness (QED) is 0.158. The largest absolute Gasteiger partial charge is 0.505 e. The van der Waals surface area contributed by atoms with E-state index in [0.717, 1.165) is 0 Å². The van der Waals surface area contributed by atoms with Gasteiger partial charge in [0.25, 0.3) is 0 Å². The number of aliphatic hydroxyl groups excluding tert-OH is 4. The molecule has 1 aliphatic rings. The standard InChI is InChI=1S/C6H8O6.C3H7N3O2/c7-1-2(8)5-3(9)4(10)6(11)12-5;4-3(5)6-1-2(7)8/h2,5,7-10H,1H2;1H2,(H,7,8)(H4,4,5,6)/t2-,5+;/m0./s1. The molecule has 0 aromatic rings. The SMILES string of the molecule is NC(N)=NCC(=O)O.O=C1O[C@H]([C@@H](O)CO)C(O)=C1O. The van der Waals surface area contributed by atoms with Gasteiger partial charge in [0.15, 0.2) is 17.8 Å². The molecule has 0 saturated carbocycles. The van der Waals surface area contributed by atoms with E-state index in [0.29, 0.717) is 0 Å². The van der Waals surface area contributed by atoms with Crippen LogP contribution in [-0.4, -0.2) is 68.8 Å². The van der Waals surface area contributed by atoms with Gasteiger partial charge in [-0.2, -0.15) is 0 Å². The Bertz CT molecular complexity index is 429. The van der Waals surface area contributed by atoms with Crippen LogP contribution >= 0.6 is 0 Å². The Morgan fingerprint density at radius 2 is 1.95 bits per heavy atom. The number of hydrogen-bond donors (Lipinski definition) is 7. The number of aliphatic imine (C=N–C) groups is 1. The number of nitrogens with zero attached hydrogens (tertiary/aromatic N) is 1. The lowest BCUT2D eigenvalue weighted by Crippen LogP contribution is -2.31. The van der Waals surface area contributed by atoms with Crippen LogP contribution in [0.3, 0.4) is 0 Å². The van der Waals surface area contributed by atoms with Crippen molar-refractivity contribution in [1.29, 1.82) is 0 Å². The van der Waals surface area contributed by atoms with Crippen molar-refractivity contribution in [3.8, 4) is 0 Å². The Morgan fingerprint density at radius 1 is 1.40 bits per heavy atom. The first-order valence-corrected chi connectivity index (χ1v) is 5.09. The maximum absolute atomic E-state index is 10.5. The molecule has 0 aliphatic carbocycles. The van der Waals surface area contributed by atoms with E-state index in [2.05, 4.69) is 9.73 Å². The Kier molecular flexibility index (Phi) is 6.82. The van der Waals surface area contributed by atoms with Gasteiger partial charge in [0.05, 0.1) is 6.61 Å². The van der Waals surface area contributed by atoms with E-state index >= 15 is 0 Å². The molecule has 0 amide bonds. The van der Waals surface area contributed by atoms with Gasteiger partial charge >= 0.3 is 11.9 Å². The maximum atomic E-state index is 10.5. The van der Waals surface area contributed by atoms with Crippen LogP contribution in [0.4, 0.5) is 0 Å². The third kappa shape index (κ3) is 5.41. The number of guanidine groups is 1. The van der Waals surface area contributed by atoms with Crippen molar-refractivity contribution in [2.45, 2.75) is 12.2 Å². The highest BCUT2D eigenvalue weighted by Gasteiger charge is 2.38. The zero-order valence-electron chi connectivity index (χ0n) is 10.1. The minimum atomic E-state index is -1.42. The fourth-order valence-electron chi connectivity index (χ4n) is 0.982. The molecule has 20 heavy (non-hydrogen) atoms. The minimum Gasteiger partial charge on any atom is -0.505 e. The van der Waals surface area contributed by atoms with Gasteiger partial charge in [-0.3, -0.25) is 4.79 Å². The van der Waals surface area contributed by atoms with E-state index in [1.165, 1.54) is 0 Å². The topological polar surface area (TPSA) is 209 Å². The minimum absolute atomic E-state index is 0.201. The van der Waals surface area contributed by atoms with Gasteiger partial charge in [-0.15, -0.1) is 0 Å². The van der Waals surface area contributed by atoms with E-state index in [-0.39, 0.29) is 12.5 Å². The fraction of sp³-hybridized carbons (Fsp3) is 0.444. The molecule has 1 aliphatic heterocycles. The first-order chi connectivity index (χ1) is 9.20. The third-order valence-corrected chi connectivity index (χ3v) is 1.87. The number of cyclic esters (lactones) is 1. The summed E-state index contributed by atoms with van der Waals surface area (Å²) in [7, 11) is 0. The van der Waals surface area contributed by atoms with Crippen molar-refractivity contribution in [2.75, 3.05) is 13.2 Å². The molecule has 0 saturated heterocycles. The van der Waals surface area contributed by atoms with Gasteiger partial charge in [-0.05, 0) is 0 Å². The van der Waals surface area contributed by atoms with Crippen LogP contribution in [0.1, 0.15) is 0 Å². The van der Waals surface area contributed by atoms with Crippen LogP contribution in [0.5, 0.6) is 0 Å². The summed E-state index contributed by atoms with van der Waals surface area (Å²) in [5.41, 5.74) is 9.61. The van der Waals surface area contributed by atoms with E-state index in [4.69, 9.17) is 37.0 Å². The predicted octanol–water partition coefficient (Wildman–Crippen LogP) is -3.06. The molecule has 0 spiro atoms. The number of nitrogens with two attached hydrogens (primary N) is 2. The number of hydrogen-bond acceptors (Lipinski definition) is 8. The summed E-state index contributed by atoms with van der Waals surface area (Å²) in [6.07, 6.45) is -2.78. The van der Waals surface area contributed by atoms with Crippen LogP contribution in [-0.2, 0) is 14.3 Å². The van der Waals surface area contributed by atoms with E-state index in [1.807, 2.05) is 0 Å². The van der Waals surface area contributed by atoms with Gasteiger partial charge in [0.2, 0.25) is 5.76 Å². The van der Waals surface area contributed by atoms with Crippen molar-refractivity contribution in [1.82, 2.24) is 0 Å². The molecule has 0 fully saturated rings. The molecule has 0 bridgehead atoms. The molecule has 0 unspecified atom stereocenters. The monoisotopic (exact) mass is 293 g/mol. The Balaban J connectivity index is 0.000000396. The molecule has 2 atom stereocenters. The molecule has 0 aromatic heterocycles. The molecule has 114 valence electrons. The smallest absolute Gasteiger partial charge is 0.377 e. The second-order valence-electron chi connectivity index (χ2n) is 3.44. The number of carboxylic acid groups (broad SMARTS) is 1. The lowest BCUT2D eigenvalue weighted by molar-refractivity contribution is -0.147. The highest BCUT2D eigenvalue weighted by molar-refractivity contribution is 5.89. The normalized spacial score (nSPS) is 18.7. The summed E-state index contributed by atoms with van der Waals surface area (Å²) in [5, 5.41) is 43.0. The van der Waals surface area contributed by atoms with Gasteiger partial charge in [0.1, 0.15) is 12.6 Å². The zero-order chi connectivity index (χ0) is 15.9. The lowest BCUT2D eigenvalue weighted by atomic mass is 10.2. The molecule has 0 aromatic carbocycles. The number of carbonyl (C=O) groups is 2. The zero-order valence-corrected chi connectivity index (χ0v) is 10.1. The van der Waals surface area contributed by atoms with Crippen molar-refractivity contribution in [2.24, 2.45) is 16.5 Å². The van der Waals surface area contributed by atoms with Crippen LogP contribution < -0.4 is 11.5 Å². The molecule has 9 N–H and O–H groups in total. The number of carboxylic acids is 1. The average molecular weight is 293 g/mol. The van der Waals surface area contributed by atoms with E-state index < -0.39 is 42.3 Å². The summed E-state index contributed by atoms with van der Waals surface area (Å²) >= 11 is 0. The number of aliphatic carboxylic acids is 1. The highest BCUT2D eigenvalue weighted by Crippen LogP contribution is 2.20. The predicted molar refractivity (Wildman–Crippen MR) is 63.6 cm³/mol. The van der Waals surface area contributed by atoms with Crippen molar-refractivity contribution >= 4 is 17.9 Å². The Morgan fingerprint density at radius 3 is 2.20 bits per heavy atom. The average Bonchev–Trinajstić information content (AvgIpc) is 2.64. The lowest BCUT2D eigenvalue weighted by Gasteiger charge is -2.13. The van der Waals surface area contributed by atoms with Crippen molar-refractivity contribution in [3.63, 3.8) is 0 Å². The van der Waals surface area contributed by atoms with Crippen LogP contribution in [0, 0.1) is 0 Å². The van der Waals surface area contributed by atoms with Crippen LogP contribution in [0.25, 0.3) is 0 Å². The van der Waals surface area contributed by atoms with E-state index in [1.54, 1.807) is 0 Å². The van der Waals surface area contributed by atoms with Gasteiger partial charge in [-0.1, -0.05) is 0 Å². The third-order valence-electron chi connectivity index (χ3n) is 1.87. The summed E-state index contributed by atoms with van der Waals surface area (Å²) in [6, 6.07) is 0.